The van der Waals surface area contributed by atoms with E-state index >= 15 is 0 Å². The second kappa shape index (κ2) is 5.71. The summed E-state index contributed by atoms with van der Waals surface area (Å²) in [6.45, 7) is 0. The van der Waals surface area contributed by atoms with Gasteiger partial charge in [-0.25, -0.2) is 14.6 Å². The molecular formula is C12H9ClN6O2. The van der Waals surface area contributed by atoms with Gasteiger partial charge in [0, 0.05) is 24.5 Å². The van der Waals surface area contributed by atoms with Gasteiger partial charge in [0.2, 0.25) is 5.91 Å². The lowest BCUT2D eigenvalue weighted by Gasteiger charge is -2.07. The van der Waals surface area contributed by atoms with Crippen molar-refractivity contribution in [3.63, 3.8) is 0 Å². The molecular weight excluding hydrogens is 296 g/mol. The molecule has 0 radical (unpaired) electrons. The molecule has 3 aromatic rings. The Kier molecular flexibility index (Phi) is 3.61. The van der Waals surface area contributed by atoms with E-state index < -0.39 is 0 Å². The Balaban J connectivity index is 2.06. The highest BCUT2D eigenvalue weighted by Crippen LogP contribution is 2.18. The monoisotopic (exact) mass is 304 g/mol. The van der Waals surface area contributed by atoms with Crippen molar-refractivity contribution in [1.82, 2.24) is 24.9 Å². The average molecular weight is 305 g/mol. The highest BCUT2D eigenvalue weighted by Gasteiger charge is 2.12. The van der Waals surface area contributed by atoms with E-state index in [1.807, 2.05) is 0 Å². The van der Waals surface area contributed by atoms with E-state index in [2.05, 4.69) is 25.5 Å². The van der Waals surface area contributed by atoms with E-state index in [-0.39, 0.29) is 11.8 Å². The smallest absolute Gasteiger partial charge is 0.240 e. The Morgan fingerprint density at radius 3 is 3.00 bits per heavy atom. The molecule has 21 heavy (non-hydrogen) atoms. The number of carbonyl (C=O) groups excluding carboxylic acids is 1. The van der Waals surface area contributed by atoms with Crippen LogP contribution in [0.1, 0.15) is 0 Å². The zero-order valence-electron chi connectivity index (χ0n) is 10.6. The SMILES string of the molecule is O=C(CCl)Nc1cc(-n2cccn2)nc(-c2ccon2)n1. The molecule has 8 nitrogen and oxygen atoms in total. The number of carbonyl (C=O) groups is 1. The third-order valence-electron chi connectivity index (χ3n) is 2.51. The summed E-state index contributed by atoms with van der Waals surface area (Å²) in [5.41, 5.74) is 0.449. The second-order valence-electron chi connectivity index (χ2n) is 3.95. The Hall–Kier alpha value is -2.74. The van der Waals surface area contributed by atoms with Crippen LogP contribution in [-0.2, 0) is 4.79 Å². The van der Waals surface area contributed by atoms with Crippen LogP contribution in [0.5, 0.6) is 0 Å². The molecule has 106 valence electrons. The molecule has 1 amide bonds. The molecule has 0 spiro atoms. The number of rotatable bonds is 4. The zero-order valence-corrected chi connectivity index (χ0v) is 11.4. The minimum atomic E-state index is -0.368. The van der Waals surface area contributed by atoms with Crippen LogP contribution >= 0.6 is 11.6 Å². The molecule has 3 aromatic heterocycles. The van der Waals surface area contributed by atoms with E-state index in [9.17, 15) is 4.79 Å². The Morgan fingerprint density at radius 2 is 2.33 bits per heavy atom. The quantitative estimate of drug-likeness (QED) is 0.733. The van der Waals surface area contributed by atoms with Crippen molar-refractivity contribution >= 4 is 23.3 Å². The standard InChI is InChI=1S/C12H9ClN6O2/c13-7-11(20)15-9-6-10(19-4-1-3-14-19)17-12(16-9)8-2-5-21-18-8/h1-6H,7H2,(H,15,16,17,20). The predicted octanol–water partition coefficient (Wildman–Crippen LogP) is 1.49. The third-order valence-corrected chi connectivity index (χ3v) is 2.75. The number of halogens is 1. The van der Waals surface area contributed by atoms with Gasteiger partial charge in [-0.1, -0.05) is 5.16 Å². The number of nitrogens with zero attached hydrogens (tertiary/aromatic N) is 5. The molecule has 9 heteroatoms. The van der Waals surface area contributed by atoms with E-state index in [0.717, 1.165) is 0 Å². The maximum absolute atomic E-state index is 11.4. The predicted molar refractivity (Wildman–Crippen MR) is 74.0 cm³/mol. The van der Waals surface area contributed by atoms with Gasteiger partial charge in [-0.15, -0.1) is 11.6 Å². The minimum absolute atomic E-state index is 0.166. The highest BCUT2D eigenvalue weighted by atomic mass is 35.5. The minimum Gasteiger partial charge on any atom is -0.364 e. The summed E-state index contributed by atoms with van der Waals surface area (Å²) in [6, 6.07) is 4.96. The van der Waals surface area contributed by atoms with Crippen molar-refractivity contribution in [3.05, 3.63) is 36.9 Å². The number of hydrogen-bond donors (Lipinski definition) is 1. The number of anilines is 1. The van der Waals surface area contributed by atoms with E-state index in [4.69, 9.17) is 16.1 Å². The van der Waals surface area contributed by atoms with Gasteiger partial charge < -0.3 is 9.84 Å². The summed E-state index contributed by atoms with van der Waals surface area (Å²) in [7, 11) is 0. The van der Waals surface area contributed by atoms with Gasteiger partial charge >= 0.3 is 0 Å². The highest BCUT2D eigenvalue weighted by molar-refractivity contribution is 6.29. The lowest BCUT2D eigenvalue weighted by atomic mass is 10.4. The first-order valence-corrected chi connectivity index (χ1v) is 6.45. The van der Waals surface area contributed by atoms with Crippen LogP contribution in [0.3, 0.4) is 0 Å². The molecule has 0 aliphatic carbocycles. The third kappa shape index (κ3) is 2.90. The first-order chi connectivity index (χ1) is 10.3. The molecule has 0 saturated carbocycles. The van der Waals surface area contributed by atoms with E-state index in [0.29, 0.717) is 23.2 Å². The Bertz CT molecular complexity index is 689. The molecule has 3 rings (SSSR count). The van der Waals surface area contributed by atoms with Gasteiger partial charge in [-0.3, -0.25) is 4.79 Å². The van der Waals surface area contributed by atoms with Crippen LogP contribution in [0.15, 0.2) is 41.4 Å². The zero-order chi connectivity index (χ0) is 14.7. The Labute approximate surface area is 123 Å². The van der Waals surface area contributed by atoms with Gasteiger partial charge in [0.1, 0.15) is 18.0 Å². The first kappa shape index (κ1) is 13.3. The van der Waals surface area contributed by atoms with E-state index in [1.54, 1.807) is 35.3 Å². The van der Waals surface area contributed by atoms with Gasteiger partial charge in [0.25, 0.3) is 0 Å². The van der Waals surface area contributed by atoms with E-state index in [1.165, 1.54) is 6.26 Å². The maximum Gasteiger partial charge on any atom is 0.240 e. The average Bonchev–Trinajstić information content (AvgIpc) is 3.20. The molecule has 3 heterocycles. The lowest BCUT2D eigenvalue weighted by Crippen LogP contribution is -2.15. The Morgan fingerprint density at radius 1 is 1.43 bits per heavy atom. The van der Waals surface area contributed by atoms with Crippen LogP contribution in [0.4, 0.5) is 5.82 Å². The largest absolute Gasteiger partial charge is 0.364 e. The fraction of sp³-hybridized carbons (Fsp3) is 0.0833. The number of nitrogens with one attached hydrogen (secondary N) is 1. The topological polar surface area (TPSA) is 98.7 Å². The van der Waals surface area contributed by atoms with Gasteiger partial charge in [-0.2, -0.15) is 5.10 Å². The summed E-state index contributed by atoms with van der Waals surface area (Å²) in [4.78, 5) is 20.0. The number of alkyl halides is 1. The fourth-order valence-corrected chi connectivity index (χ4v) is 1.71. The van der Waals surface area contributed by atoms with Crippen LogP contribution in [0, 0.1) is 0 Å². The van der Waals surface area contributed by atoms with Crippen molar-refractivity contribution < 1.29 is 9.32 Å². The van der Waals surface area contributed by atoms with Crippen molar-refractivity contribution in [2.24, 2.45) is 0 Å². The van der Waals surface area contributed by atoms with Crippen molar-refractivity contribution in [1.29, 1.82) is 0 Å². The van der Waals surface area contributed by atoms with Crippen LogP contribution in [0.25, 0.3) is 17.3 Å². The maximum atomic E-state index is 11.4. The molecule has 0 bridgehead atoms. The number of hydrogen-bond acceptors (Lipinski definition) is 6. The number of amides is 1. The second-order valence-corrected chi connectivity index (χ2v) is 4.22. The van der Waals surface area contributed by atoms with Crippen LogP contribution < -0.4 is 5.32 Å². The summed E-state index contributed by atoms with van der Waals surface area (Å²) < 4.78 is 6.32. The summed E-state index contributed by atoms with van der Waals surface area (Å²) >= 11 is 5.48. The summed E-state index contributed by atoms with van der Waals surface area (Å²) in [6.07, 6.45) is 4.76. The lowest BCUT2D eigenvalue weighted by molar-refractivity contribution is -0.113. The molecule has 0 unspecified atom stereocenters. The molecule has 0 atom stereocenters. The fourth-order valence-electron chi connectivity index (χ4n) is 1.64. The van der Waals surface area contributed by atoms with Crippen LogP contribution in [0.2, 0.25) is 0 Å². The molecule has 0 fully saturated rings. The summed E-state index contributed by atoms with van der Waals surface area (Å²) in [5.74, 6) is 0.562. The molecule has 0 saturated heterocycles. The van der Waals surface area contributed by atoms with Crippen molar-refractivity contribution in [2.45, 2.75) is 0 Å². The van der Waals surface area contributed by atoms with Gasteiger partial charge in [0.15, 0.2) is 17.3 Å². The van der Waals surface area contributed by atoms with Gasteiger partial charge in [0.05, 0.1) is 0 Å². The molecule has 1 N–H and O–H groups in total. The first-order valence-electron chi connectivity index (χ1n) is 5.92. The van der Waals surface area contributed by atoms with Crippen molar-refractivity contribution in [2.75, 3.05) is 11.2 Å². The van der Waals surface area contributed by atoms with Gasteiger partial charge in [-0.05, 0) is 6.07 Å². The molecule has 0 aliphatic heterocycles. The van der Waals surface area contributed by atoms with Crippen molar-refractivity contribution in [3.8, 4) is 17.3 Å². The summed E-state index contributed by atoms with van der Waals surface area (Å²) in [5, 5.41) is 10.4. The molecule has 0 aromatic carbocycles. The normalized spacial score (nSPS) is 10.5. The van der Waals surface area contributed by atoms with Crippen LogP contribution in [-0.4, -0.2) is 36.7 Å². The number of aromatic nitrogens is 5. The molecule has 0 aliphatic rings.